The Morgan fingerprint density at radius 1 is 1.06 bits per heavy atom. The first-order valence-electron chi connectivity index (χ1n) is 10.4. The largest absolute Gasteiger partial charge is 0.339 e. The van der Waals surface area contributed by atoms with Crippen LogP contribution in [0.2, 0.25) is 5.02 Å². The van der Waals surface area contributed by atoms with E-state index in [-0.39, 0.29) is 16.8 Å². The monoisotopic (exact) mass is 475 g/mol. The second kappa shape index (κ2) is 8.16. The number of fused-ring (bicyclic) bond motifs is 1. The number of piperidine rings is 1. The fraction of sp³-hybridized carbons (Fsp3) is 0.364. The first-order chi connectivity index (χ1) is 14.9. The molecule has 1 saturated carbocycles. The van der Waals surface area contributed by atoms with Crippen molar-refractivity contribution in [3.8, 4) is 0 Å². The van der Waals surface area contributed by atoms with Gasteiger partial charge in [-0.2, -0.15) is 0 Å². The third kappa shape index (κ3) is 4.48. The Bertz CT molecular complexity index is 1230. The molecule has 2 fully saturated rings. The Balaban J connectivity index is 1.23. The maximum atomic E-state index is 12.9. The standard InChI is InChI=1S/C22H22ClN3O3S2/c23-16-3-8-20-19(13-16)24-21(30-20)14-9-11-26(12-10-14)22(27)15-1-6-18(7-2-15)31(28,29)25-17-4-5-17/h1-3,6-8,13-14,17,25H,4-5,9-12H2. The molecule has 2 aromatic carbocycles. The van der Waals surface area contributed by atoms with Gasteiger partial charge in [0.05, 0.1) is 20.1 Å². The predicted molar refractivity (Wildman–Crippen MR) is 122 cm³/mol. The quantitative estimate of drug-likeness (QED) is 0.592. The molecule has 6 nitrogen and oxygen atoms in total. The molecule has 1 aliphatic carbocycles. The van der Waals surface area contributed by atoms with Crippen molar-refractivity contribution in [1.29, 1.82) is 0 Å². The van der Waals surface area contributed by atoms with Crippen LogP contribution in [0.1, 0.15) is 47.0 Å². The number of nitrogens with one attached hydrogen (secondary N) is 1. The maximum Gasteiger partial charge on any atom is 0.253 e. The number of sulfonamides is 1. The number of carbonyl (C=O) groups is 1. The molecule has 0 radical (unpaired) electrons. The SMILES string of the molecule is O=C(c1ccc(S(=O)(=O)NC2CC2)cc1)N1CCC(c2nc3cc(Cl)ccc3s2)CC1. The summed E-state index contributed by atoms with van der Waals surface area (Å²) in [6, 6.07) is 12.1. The van der Waals surface area contributed by atoms with Crippen LogP contribution in [0.15, 0.2) is 47.4 Å². The molecule has 31 heavy (non-hydrogen) atoms. The molecule has 1 aliphatic heterocycles. The van der Waals surface area contributed by atoms with Crippen molar-refractivity contribution in [1.82, 2.24) is 14.6 Å². The Morgan fingerprint density at radius 3 is 2.45 bits per heavy atom. The van der Waals surface area contributed by atoms with Crippen molar-refractivity contribution in [2.75, 3.05) is 13.1 Å². The molecule has 9 heteroatoms. The number of likely N-dealkylation sites (tertiary alicyclic amines) is 1. The number of nitrogens with zero attached hydrogens (tertiary/aromatic N) is 2. The minimum atomic E-state index is -3.51. The zero-order valence-corrected chi connectivity index (χ0v) is 19.1. The molecule has 0 bridgehead atoms. The number of aromatic nitrogens is 1. The van der Waals surface area contributed by atoms with Gasteiger partial charge >= 0.3 is 0 Å². The molecule has 2 aliphatic rings. The molecular weight excluding hydrogens is 454 g/mol. The first kappa shape index (κ1) is 20.9. The van der Waals surface area contributed by atoms with Gasteiger partial charge in [0.15, 0.2) is 0 Å². The number of thiazole rings is 1. The molecule has 1 amide bonds. The molecule has 0 spiro atoms. The fourth-order valence-corrected chi connectivity index (χ4v) is 6.46. The van der Waals surface area contributed by atoms with Crippen LogP contribution in [0, 0.1) is 0 Å². The Morgan fingerprint density at radius 2 is 1.77 bits per heavy atom. The highest BCUT2D eigenvalue weighted by atomic mass is 35.5. The molecule has 3 aromatic rings. The van der Waals surface area contributed by atoms with Gasteiger partial charge in [-0.25, -0.2) is 18.1 Å². The third-order valence-electron chi connectivity index (χ3n) is 5.81. The van der Waals surface area contributed by atoms with Crippen molar-refractivity contribution in [2.45, 2.75) is 42.5 Å². The number of hydrogen-bond acceptors (Lipinski definition) is 5. The van der Waals surface area contributed by atoms with Crippen molar-refractivity contribution in [3.63, 3.8) is 0 Å². The Kier molecular flexibility index (Phi) is 5.50. The summed E-state index contributed by atoms with van der Waals surface area (Å²) in [5, 5.41) is 1.79. The van der Waals surface area contributed by atoms with Gasteiger partial charge in [0.25, 0.3) is 5.91 Å². The summed E-state index contributed by atoms with van der Waals surface area (Å²) in [7, 11) is -3.51. The number of hydrogen-bond donors (Lipinski definition) is 1. The highest BCUT2D eigenvalue weighted by Crippen LogP contribution is 2.35. The molecule has 1 aromatic heterocycles. The van der Waals surface area contributed by atoms with E-state index in [1.54, 1.807) is 23.5 Å². The second-order valence-corrected chi connectivity index (χ2v) is 11.4. The highest BCUT2D eigenvalue weighted by Gasteiger charge is 2.29. The van der Waals surface area contributed by atoms with Crippen molar-refractivity contribution in [2.24, 2.45) is 0 Å². The lowest BCUT2D eigenvalue weighted by molar-refractivity contribution is 0.0713. The van der Waals surface area contributed by atoms with Gasteiger partial charge in [0.1, 0.15) is 0 Å². The van der Waals surface area contributed by atoms with Crippen LogP contribution >= 0.6 is 22.9 Å². The summed E-state index contributed by atoms with van der Waals surface area (Å²) in [6.07, 6.45) is 3.49. The lowest BCUT2D eigenvalue weighted by Crippen LogP contribution is -2.37. The van der Waals surface area contributed by atoms with Gasteiger partial charge in [-0.1, -0.05) is 11.6 Å². The summed E-state index contributed by atoms with van der Waals surface area (Å²) in [5.41, 5.74) is 1.44. The van der Waals surface area contributed by atoms with Crippen LogP contribution in [0.25, 0.3) is 10.2 Å². The van der Waals surface area contributed by atoms with E-state index in [4.69, 9.17) is 16.6 Å². The average Bonchev–Trinajstić information content (AvgIpc) is 3.47. The molecule has 162 valence electrons. The zero-order valence-electron chi connectivity index (χ0n) is 16.8. The van der Waals surface area contributed by atoms with E-state index in [0.29, 0.717) is 29.6 Å². The predicted octanol–water partition coefficient (Wildman–Crippen LogP) is 4.41. The summed E-state index contributed by atoms with van der Waals surface area (Å²) in [5.74, 6) is 0.273. The van der Waals surface area contributed by atoms with Crippen LogP contribution in [0.3, 0.4) is 0 Å². The van der Waals surface area contributed by atoms with E-state index in [2.05, 4.69) is 4.72 Å². The van der Waals surface area contributed by atoms with Gasteiger partial charge in [-0.05, 0) is 68.1 Å². The number of benzene rings is 2. The second-order valence-electron chi connectivity index (χ2n) is 8.15. The number of halogens is 1. The molecule has 1 N–H and O–H groups in total. The summed E-state index contributed by atoms with van der Waals surface area (Å²) < 4.78 is 28.4. The third-order valence-corrected chi connectivity index (χ3v) is 8.78. The van der Waals surface area contributed by atoms with Crippen molar-refractivity contribution >= 4 is 49.1 Å². The van der Waals surface area contributed by atoms with E-state index < -0.39 is 10.0 Å². The Hall–Kier alpha value is -2.00. The van der Waals surface area contributed by atoms with Crippen molar-refractivity contribution in [3.05, 3.63) is 58.1 Å². The summed E-state index contributed by atoms with van der Waals surface area (Å²) in [6.45, 7) is 1.31. The van der Waals surface area contributed by atoms with Crippen molar-refractivity contribution < 1.29 is 13.2 Å². The zero-order chi connectivity index (χ0) is 21.6. The van der Waals surface area contributed by atoms with Gasteiger partial charge < -0.3 is 4.90 Å². The number of rotatable bonds is 5. The Labute approximate surface area is 190 Å². The smallest absolute Gasteiger partial charge is 0.253 e. The van der Waals surface area contributed by atoms with E-state index in [9.17, 15) is 13.2 Å². The van der Waals surface area contributed by atoms with Crippen LogP contribution in [0.5, 0.6) is 0 Å². The minimum Gasteiger partial charge on any atom is -0.339 e. The van der Waals surface area contributed by atoms with Crippen LogP contribution in [-0.4, -0.2) is 43.3 Å². The fourth-order valence-electron chi connectivity index (χ4n) is 3.87. The molecule has 5 rings (SSSR count). The molecular formula is C22H22ClN3O3S2. The van der Waals surface area contributed by atoms with Gasteiger partial charge in [0, 0.05) is 35.6 Å². The molecule has 1 saturated heterocycles. The summed E-state index contributed by atoms with van der Waals surface area (Å²) in [4.78, 5) is 19.7. The van der Waals surface area contributed by atoms with Gasteiger partial charge in [0.2, 0.25) is 10.0 Å². The normalized spacial score (nSPS) is 17.9. The van der Waals surface area contributed by atoms with Crippen LogP contribution in [0.4, 0.5) is 0 Å². The van der Waals surface area contributed by atoms with E-state index in [1.807, 2.05) is 23.1 Å². The van der Waals surface area contributed by atoms with Crippen LogP contribution in [-0.2, 0) is 10.0 Å². The number of amides is 1. The minimum absolute atomic E-state index is 0.0556. The molecule has 0 atom stereocenters. The highest BCUT2D eigenvalue weighted by molar-refractivity contribution is 7.89. The van der Waals surface area contributed by atoms with Gasteiger partial charge in [-0.15, -0.1) is 11.3 Å². The molecule has 2 heterocycles. The van der Waals surface area contributed by atoms with Crippen LogP contribution < -0.4 is 4.72 Å². The first-order valence-corrected chi connectivity index (χ1v) is 13.0. The van der Waals surface area contributed by atoms with E-state index >= 15 is 0 Å². The topological polar surface area (TPSA) is 79.4 Å². The van der Waals surface area contributed by atoms with E-state index in [0.717, 1.165) is 40.9 Å². The lowest BCUT2D eigenvalue weighted by atomic mass is 9.97. The summed E-state index contributed by atoms with van der Waals surface area (Å²) >= 11 is 7.76. The van der Waals surface area contributed by atoms with E-state index in [1.165, 1.54) is 12.1 Å². The average molecular weight is 476 g/mol. The maximum absolute atomic E-state index is 12.9. The number of carbonyl (C=O) groups excluding carboxylic acids is 1. The van der Waals surface area contributed by atoms with Gasteiger partial charge in [-0.3, -0.25) is 4.79 Å². The lowest BCUT2D eigenvalue weighted by Gasteiger charge is -2.31. The molecule has 0 unspecified atom stereocenters.